The van der Waals surface area contributed by atoms with Crippen LogP contribution in [0.2, 0.25) is 0 Å². The number of ether oxygens (including phenoxy) is 2. The van der Waals surface area contributed by atoms with Crippen molar-refractivity contribution in [1.82, 2.24) is 15.1 Å². The van der Waals surface area contributed by atoms with Crippen LogP contribution in [0.3, 0.4) is 0 Å². The van der Waals surface area contributed by atoms with Gasteiger partial charge in [0.25, 0.3) is 0 Å². The number of rotatable bonds is 4. The van der Waals surface area contributed by atoms with Crippen LogP contribution in [0.15, 0.2) is 18.3 Å². The van der Waals surface area contributed by atoms with Gasteiger partial charge in [-0.05, 0) is 51.9 Å². The van der Waals surface area contributed by atoms with Crippen LogP contribution in [-0.4, -0.2) is 48.4 Å². The molecule has 1 heterocycles. The van der Waals surface area contributed by atoms with E-state index < -0.39 is 0 Å². The van der Waals surface area contributed by atoms with Crippen molar-refractivity contribution in [2.24, 2.45) is 0 Å². The monoisotopic (exact) mass is 289 g/mol. The van der Waals surface area contributed by atoms with Gasteiger partial charge in [0.1, 0.15) is 6.10 Å². The molecule has 1 aliphatic rings. The third kappa shape index (κ3) is 2.83. The van der Waals surface area contributed by atoms with E-state index in [0.29, 0.717) is 6.04 Å². The number of fused-ring (bicyclic) bond motifs is 1. The largest absolute Gasteiger partial charge is 0.492 e. The van der Waals surface area contributed by atoms with Crippen LogP contribution < -0.4 is 9.47 Å². The van der Waals surface area contributed by atoms with Gasteiger partial charge < -0.3 is 14.4 Å². The van der Waals surface area contributed by atoms with Crippen molar-refractivity contribution in [3.63, 3.8) is 0 Å². The lowest BCUT2D eigenvalue weighted by molar-refractivity contribution is 0.0979. The van der Waals surface area contributed by atoms with Gasteiger partial charge in [-0.2, -0.15) is 5.10 Å². The highest BCUT2D eigenvalue weighted by Crippen LogP contribution is 2.36. The third-order valence-corrected chi connectivity index (χ3v) is 4.37. The molecule has 5 nitrogen and oxygen atoms in total. The van der Waals surface area contributed by atoms with Gasteiger partial charge in [0.15, 0.2) is 11.5 Å². The predicted octanol–water partition coefficient (Wildman–Crippen LogP) is 2.82. The molecule has 0 aliphatic heterocycles. The van der Waals surface area contributed by atoms with Crippen LogP contribution in [0.5, 0.6) is 11.5 Å². The molecule has 0 amide bonds. The highest BCUT2D eigenvalue weighted by Gasteiger charge is 2.25. The van der Waals surface area contributed by atoms with Crippen molar-refractivity contribution in [1.29, 1.82) is 0 Å². The van der Waals surface area contributed by atoms with E-state index in [-0.39, 0.29) is 6.10 Å². The zero-order chi connectivity index (χ0) is 14.8. The zero-order valence-corrected chi connectivity index (χ0v) is 12.9. The van der Waals surface area contributed by atoms with Gasteiger partial charge in [-0.1, -0.05) is 0 Å². The van der Waals surface area contributed by atoms with Crippen molar-refractivity contribution >= 4 is 10.9 Å². The minimum atomic E-state index is 0.254. The van der Waals surface area contributed by atoms with Gasteiger partial charge in [0.2, 0.25) is 0 Å². The van der Waals surface area contributed by atoms with Gasteiger partial charge in [-0.3, -0.25) is 5.10 Å². The molecule has 1 saturated carbocycles. The topological polar surface area (TPSA) is 50.4 Å². The fraction of sp³-hybridized carbons (Fsp3) is 0.562. The maximum Gasteiger partial charge on any atom is 0.171 e. The number of nitrogens with one attached hydrogen (secondary N) is 1. The molecule has 1 aromatic carbocycles. The molecule has 0 spiro atoms. The highest BCUT2D eigenvalue weighted by molar-refractivity contribution is 5.87. The lowest BCUT2D eigenvalue weighted by Crippen LogP contribution is -2.37. The van der Waals surface area contributed by atoms with Crippen LogP contribution >= 0.6 is 0 Å². The summed E-state index contributed by atoms with van der Waals surface area (Å²) < 4.78 is 11.8. The van der Waals surface area contributed by atoms with E-state index in [4.69, 9.17) is 9.47 Å². The Labute approximate surface area is 125 Å². The van der Waals surface area contributed by atoms with Gasteiger partial charge in [-0.25, -0.2) is 0 Å². The quantitative estimate of drug-likeness (QED) is 0.940. The fourth-order valence-corrected chi connectivity index (χ4v) is 3.15. The first-order chi connectivity index (χ1) is 10.2. The van der Waals surface area contributed by atoms with Crippen LogP contribution in [0.1, 0.15) is 25.7 Å². The molecule has 1 aliphatic carbocycles. The van der Waals surface area contributed by atoms with Crippen LogP contribution in [-0.2, 0) is 0 Å². The molecule has 3 rings (SSSR count). The normalized spacial score (nSPS) is 22.7. The Balaban J connectivity index is 1.81. The Morgan fingerprint density at radius 1 is 1.29 bits per heavy atom. The van der Waals surface area contributed by atoms with Crippen LogP contribution in [0, 0.1) is 0 Å². The Hall–Kier alpha value is -1.75. The molecule has 2 atom stereocenters. The summed E-state index contributed by atoms with van der Waals surface area (Å²) >= 11 is 0. The summed E-state index contributed by atoms with van der Waals surface area (Å²) in [5.41, 5.74) is 0.967. The summed E-state index contributed by atoms with van der Waals surface area (Å²) in [5.74, 6) is 1.59. The molecule has 1 N–H and O–H groups in total. The molecule has 1 aromatic heterocycles. The lowest BCUT2D eigenvalue weighted by atomic mass is 9.92. The maximum absolute atomic E-state index is 6.24. The minimum Gasteiger partial charge on any atom is -0.492 e. The number of nitrogens with zero attached hydrogens (tertiary/aromatic N) is 2. The number of methoxy groups -OCH3 is 1. The molecule has 2 aromatic rings. The van der Waals surface area contributed by atoms with Crippen molar-refractivity contribution < 1.29 is 9.47 Å². The van der Waals surface area contributed by atoms with E-state index in [0.717, 1.165) is 35.2 Å². The number of aromatic amines is 1. The second kappa shape index (κ2) is 5.93. The molecule has 21 heavy (non-hydrogen) atoms. The van der Waals surface area contributed by atoms with E-state index >= 15 is 0 Å². The number of hydrogen-bond donors (Lipinski definition) is 1. The van der Waals surface area contributed by atoms with E-state index in [9.17, 15) is 0 Å². The van der Waals surface area contributed by atoms with Crippen LogP contribution in [0.25, 0.3) is 10.9 Å². The second-order valence-electron chi connectivity index (χ2n) is 5.95. The van der Waals surface area contributed by atoms with E-state index in [1.165, 1.54) is 12.8 Å². The standard InChI is InChI=1S/C16H23N3O2/c1-19(2)11-5-4-6-12(9-11)21-15-8-7-14-13(10-17-18-14)16(15)20-3/h7-8,10-12H,4-6,9H2,1-3H3,(H,17,18)/t11-,12+/m0/s1. The Morgan fingerprint density at radius 3 is 2.90 bits per heavy atom. The number of aromatic nitrogens is 2. The fourth-order valence-electron chi connectivity index (χ4n) is 3.15. The first kappa shape index (κ1) is 14.2. The lowest BCUT2D eigenvalue weighted by Gasteiger charge is -2.33. The SMILES string of the molecule is COc1c(O[C@@H]2CCC[C@H](N(C)C)C2)ccc2[nH]ncc12. The summed E-state index contributed by atoms with van der Waals surface area (Å²) in [7, 11) is 5.97. The summed E-state index contributed by atoms with van der Waals surface area (Å²) in [5, 5.41) is 7.99. The predicted molar refractivity (Wildman–Crippen MR) is 83.0 cm³/mol. The Kier molecular flexibility index (Phi) is 4.01. The van der Waals surface area contributed by atoms with E-state index in [1.54, 1.807) is 13.3 Å². The van der Waals surface area contributed by atoms with Crippen molar-refractivity contribution in [2.75, 3.05) is 21.2 Å². The Morgan fingerprint density at radius 2 is 2.14 bits per heavy atom. The Bertz CT molecular complexity index is 609. The molecule has 5 heteroatoms. The minimum absolute atomic E-state index is 0.254. The number of hydrogen-bond acceptors (Lipinski definition) is 4. The molecule has 1 fully saturated rings. The van der Waals surface area contributed by atoms with Gasteiger partial charge in [0, 0.05) is 6.04 Å². The summed E-state index contributed by atoms with van der Waals surface area (Å²) in [6, 6.07) is 4.57. The van der Waals surface area contributed by atoms with Crippen LogP contribution in [0.4, 0.5) is 0 Å². The number of H-pyrrole nitrogens is 1. The van der Waals surface area contributed by atoms with Gasteiger partial charge in [-0.15, -0.1) is 0 Å². The summed E-state index contributed by atoms with van der Waals surface area (Å²) in [4.78, 5) is 2.30. The van der Waals surface area contributed by atoms with E-state index in [1.807, 2.05) is 12.1 Å². The summed E-state index contributed by atoms with van der Waals surface area (Å²) in [6.45, 7) is 0. The zero-order valence-electron chi connectivity index (χ0n) is 12.9. The molecular formula is C16H23N3O2. The van der Waals surface area contributed by atoms with Crippen molar-refractivity contribution in [3.8, 4) is 11.5 Å². The molecule has 0 radical (unpaired) electrons. The summed E-state index contributed by atoms with van der Waals surface area (Å²) in [6.07, 6.45) is 6.68. The third-order valence-electron chi connectivity index (χ3n) is 4.37. The molecule has 114 valence electrons. The molecule has 0 saturated heterocycles. The molecule has 0 bridgehead atoms. The molecular weight excluding hydrogens is 266 g/mol. The average molecular weight is 289 g/mol. The highest BCUT2D eigenvalue weighted by atomic mass is 16.5. The van der Waals surface area contributed by atoms with Gasteiger partial charge in [0.05, 0.1) is 24.2 Å². The smallest absolute Gasteiger partial charge is 0.171 e. The van der Waals surface area contributed by atoms with Gasteiger partial charge >= 0.3 is 0 Å². The maximum atomic E-state index is 6.24. The first-order valence-electron chi connectivity index (χ1n) is 7.52. The second-order valence-corrected chi connectivity index (χ2v) is 5.95. The molecule has 0 unspecified atom stereocenters. The van der Waals surface area contributed by atoms with E-state index in [2.05, 4.69) is 29.2 Å². The van der Waals surface area contributed by atoms with Crippen molar-refractivity contribution in [2.45, 2.75) is 37.8 Å². The van der Waals surface area contributed by atoms with Crippen molar-refractivity contribution in [3.05, 3.63) is 18.3 Å². The average Bonchev–Trinajstić information content (AvgIpc) is 2.96. The first-order valence-corrected chi connectivity index (χ1v) is 7.52. The number of benzene rings is 1.